The normalized spacial score (nSPS) is 18.4. The van der Waals surface area contributed by atoms with Crippen molar-refractivity contribution < 1.29 is 14.2 Å². The number of hydrogen-bond acceptors (Lipinski definition) is 4. The van der Waals surface area contributed by atoms with E-state index in [2.05, 4.69) is 22.5 Å². The topological polar surface area (TPSA) is 64.1 Å². The molecule has 0 amide bonds. The van der Waals surface area contributed by atoms with Crippen LogP contribution in [0.3, 0.4) is 0 Å². The van der Waals surface area contributed by atoms with Gasteiger partial charge >= 0.3 is 0 Å². The number of guanidine groups is 1. The first kappa shape index (κ1) is 20.9. The number of ether oxygens (including phenoxy) is 3. The molecule has 0 aromatic rings. The first-order valence-electron chi connectivity index (χ1n) is 7.53. The molecular weight excluding hydrogens is 385 g/mol. The summed E-state index contributed by atoms with van der Waals surface area (Å²) in [5.74, 6) is 1.43. The molecule has 0 saturated carbocycles. The van der Waals surface area contributed by atoms with E-state index < -0.39 is 0 Å². The molecule has 1 heterocycles. The van der Waals surface area contributed by atoms with E-state index in [0.717, 1.165) is 64.9 Å². The Hall–Kier alpha value is -0.120. The number of halogens is 1. The molecule has 0 aromatic carbocycles. The molecular formula is C14H30IN3O3. The Bertz CT molecular complexity index is 262. The van der Waals surface area contributed by atoms with Crippen molar-refractivity contribution in [2.24, 2.45) is 10.9 Å². The summed E-state index contributed by atoms with van der Waals surface area (Å²) < 4.78 is 16.0. The summed E-state index contributed by atoms with van der Waals surface area (Å²) >= 11 is 0. The lowest BCUT2D eigenvalue weighted by atomic mass is 10.1. The third-order valence-electron chi connectivity index (χ3n) is 3.04. The van der Waals surface area contributed by atoms with E-state index in [1.54, 1.807) is 7.11 Å². The van der Waals surface area contributed by atoms with E-state index in [-0.39, 0.29) is 24.0 Å². The fourth-order valence-corrected chi connectivity index (χ4v) is 1.94. The van der Waals surface area contributed by atoms with E-state index in [1.165, 1.54) is 0 Å². The van der Waals surface area contributed by atoms with Gasteiger partial charge < -0.3 is 24.8 Å². The Balaban J connectivity index is 0.00000400. The second-order valence-corrected chi connectivity index (χ2v) is 4.84. The van der Waals surface area contributed by atoms with Gasteiger partial charge in [-0.1, -0.05) is 0 Å². The Morgan fingerprint density at radius 2 is 2.19 bits per heavy atom. The highest BCUT2D eigenvalue weighted by molar-refractivity contribution is 14.0. The summed E-state index contributed by atoms with van der Waals surface area (Å²) in [6.07, 6.45) is 2.07. The van der Waals surface area contributed by atoms with Crippen LogP contribution in [0.5, 0.6) is 0 Å². The molecule has 21 heavy (non-hydrogen) atoms. The molecule has 7 heteroatoms. The largest absolute Gasteiger partial charge is 0.383 e. The van der Waals surface area contributed by atoms with Crippen LogP contribution in [0.4, 0.5) is 0 Å². The SMILES string of the molecule is CCNC(=NCCCOCC1CCOC1)NCCOC.I. The van der Waals surface area contributed by atoms with Gasteiger partial charge in [0.05, 0.1) is 19.8 Å². The molecule has 0 aliphatic carbocycles. The predicted molar refractivity (Wildman–Crippen MR) is 95.6 cm³/mol. The third kappa shape index (κ3) is 11.1. The maximum atomic E-state index is 5.65. The van der Waals surface area contributed by atoms with Gasteiger partial charge in [0.25, 0.3) is 0 Å². The highest BCUT2D eigenvalue weighted by atomic mass is 127. The zero-order valence-electron chi connectivity index (χ0n) is 13.2. The number of nitrogens with one attached hydrogen (secondary N) is 2. The quantitative estimate of drug-likeness (QED) is 0.243. The van der Waals surface area contributed by atoms with E-state index in [1.807, 2.05) is 0 Å². The predicted octanol–water partition coefficient (Wildman–Crippen LogP) is 1.25. The second-order valence-electron chi connectivity index (χ2n) is 4.84. The van der Waals surface area contributed by atoms with Gasteiger partial charge in [-0.2, -0.15) is 0 Å². The van der Waals surface area contributed by atoms with Crippen molar-refractivity contribution in [2.75, 3.05) is 59.8 Å². The molecule has 0 radical (unpaired) electrons. The fourth-order valence-electron chi connectivity index (χ4n) is 1.94. The van der Waals surface area contributed by atoms with Gasteiger partial charge in [-0.3, -0.25) is 4.99 Å². The Labute approximate surface area is 145 Å². The average molecular weight is 415 g/mol. The monoisotopic (exact) mass is 415 g/mol. The first-order valence-corrected chi connectivity index (χ1v) is 7.53. The van der Waals surface area contributed by atoms with Crippen LogP contribution in [0.25, 0.3) is 0 Å². The van der Waals surface area contributed by atoms with Crippen molar-refractivity contribution in [3.63, 3.8) is 0 Å². The van der Waals surface area contributed by atoms with Crippen LogP contribution in [-0.4, -0.2) is 65.7 Å². The van der Waals surface area contributed by atoms with Crippen LogP contribution < -0.4 is 10.6 Å². The van der Waals surface area contributed by atoms with Crippen LogP contribution in [-0.2, 0) is 14.2 Å². The highest BCUT2D eigenvalue weighted by Gasteiger charge is 2.14. The number of aliphatic imine (C=N–C) groups is 1. The molecule has 126 valence electrons. The molecule has 2 N–H and O–H groups in total. The lowest BCUT2D eigenvalue weighted by Crippen LogP contribution is -2.39. The molecule has 6 nitrogen and oxygen atoms in total. The van der Waals surface area contributed by atoms with Crippen molar-refractivity contribution in [1.82, 2.24) is 10.6 Å². The van der Waals surface area contributed by atoms with Gasteiger partial charge in [0.2, 0.25) is 0 Å². The molecule has 1 atom stereocenters. The van der Waals surface area contributed by atoms with Crippen molar-refractivity contribution in [1.29, 1.82) is 0 Å². The van der Waals surface area contributed by atoms with Crippen LogP contribution in [0.1, 0.15) is 19.8 Å². The lowest BCUT2D eigenvalue weighted by Gasteiger charge is -2.11. The summed E-state index contributed by atoms with van der Waals surface area (Å²) in [5.41, 5.74) is 0. The highest BCUT2D eigenvalue weighted by Crippen LogP contribution is 2.12. The molecule has 1 fully saturated rings. The van der Waals surface area contributed by atoms with Crippen molar-refractivity contribution in [3.05, 3.63) is 0 Å². The van der Waals surface area contributed by atoms with E-state index >= 15 is 0 Å². The van der Waals surface area contributed by atoms with Crippen molar-refractivity contribution >= 4 is 29.9 Å². The second kappa shape index (κ2) is 14.8. The van der Waals surface area contributed by atoms with Gasteiger partial charge in [-0.05, 0) is 19.8 Å². The Morgan fingerprint density at radius 1 is 1.33 bits per heavy atom. The molecule has 1 saturated heterocycles. The van der Waals surface area contributed by atoms with E-state index in [9.17, 15) is 0 Å². The molecule has 0 aromatic heterocycles. The summed E-state index contributed by atoms with van der Waals surface area (Å²) in [7, 11) is 1.69. The maximum Gasteiger partial charge on any atom is 0.191 e. The molecule has 0 bridgehead atoms. The van der Waals surface area contributed by atoms with Crippen LogP contribution in [0.2, 0.25) is 0 Å². The zero-order valence-corrected chi connectivity index (χ0v) is 15.6. The first-order chi connectivity index (χ1) is 9.86. The average Bonchev–Trinajstić information content (AvgIpc) is 2.96. The number of rotatable bonds is 10. The molecule has 0 spiro atoms. The molecule has 1 rings (SSSR count). The summed E-state index contributed by atoms with van der Waals surface area (Å²) in [6, 6.07) is 0. The van der Waals surface area contributed by atoms with Gasteiger partial charge in [-0.15, -0.1) is 24.0 Å². The maximum absolute atomic E-state index is 5.65. The molecule has 1 aliphatic heterocycles. The van der Waals surface area contributed by atoms with E-state index in [4.69, 9.17) is 14.2 Å². The van der Waals surface area contributed by atoms with Crippen LogP contribution in [0, 0.1) is 5.92 Å². The lowest BCUT2D eigenvalue weighted by molar-refractivity contribution is 0.0893. The van der Waals surface area contributed by atoms with Crippen LogP contribution in [0.15, 0.2) is 4.99 Å². The summed E-state index contributed by atoms with van der Waals surface area (Å²) in [4.78, 5) is 4.49. The van der Waals surface area contributed by atoms with Crippen molar-refractivity contribution in [3.8, 4) is 0 Å². The summed E-state index contributed by atoms with van der Waals surface area (Å²) in [6.45, 7) is 8.44. The zero-order chi connectivity index (χ0) is 14.5. The van der Waals surface area contributed by atoms with Gasteiger partial charge in [0.1, 0.15) is 0 Å². The minimum absolute atomic E-state index is 0. The summed E-state index contributed by atoms with van der Waals surface area (Å²) in [5, 5.41) is 6.42. The third-order valence-corrected chi connectivity index (χ3v) is 3.04. The minimum atomic E-state index is 0. The smallest absolute Gasteiger partial charge is 0.191 e. The standard InChI is InChI=1S/C14H29N3O3.HI/c1-3-15-14(17-7-10-18-2)16-6-4-8-19-11-13-5-9-20-12-13;/h13H,3-12H2,1-2H3,(H2,15,16,17);1H. The number of nitrogens with zero attached hydrogens (tertiary/aromatic N) is 1. The number of methoxy groups -OCH3 is 1. The van der Waals surface area contributed by atoms with Crippen molar-refractivity contribution in [2.45, 2.75) is 19.8 Å². The Morgan fingerprint density at radius 3 is 2.86 bits per heavy atom. The van der Waals surface area contributed by atoms with Gasteiger partial charge in [0.15, 0.2) is 5.96 Å². The fraction of sp³-hybridized carbons (Fsp3) is 0.929. The van der Waals surface area contributed by atoms with Gasteiger partial charge in [0, 0.05) is 45.9 Å². The van der Waals surface area contributed by atoms with Gasteiger partial charge in [-0.25, -0.2) is 0 Å². The Kier molecular flexibility index (Phi) is 14.7. The van der Waals surface area contributed by atoms with E-state index in [0.29, 0.717) is 12.5 Å². The van der Waals surface area contributed by atoms with Crippen LogP contribution >= 0.6 is 24.0 Å². The number of hydrogen-bond donors (Lipinski definition) is 2. The molecule has 1 unspecified atom stereocenters. The molecule has 1 aliphatic rings. The minimum Gasteiger partial charge on any atom is -0.383 e.